The molecule has 0 saturated carbocycles. The van der Waals surface area contributed by atoms with Crippen molar-refractivity contribution in [2.24, 2.45) is 19.3 Å². The minimum absolute atomic E-state index is 0.0707. The lowest BCUT2D eigenvalue weighted by molar-refractivity contribution is 0.0858. The van der Waals surface area contributed by atoms with Gasteiger partial charge in [0.05, 0.1) is 5.71 Å². The lowest BCUT2D eigenvalue weighted by atomic mass is 10.3. The molecule has 20 heavy (non-hydrogen) atoms. The second kappa shape index (κ2) is 5.32. The Labute approximate surface area is 114 Å². The molecule has 0 amide bonds. The first-order valence-electron chi connectivity index (χ1n) is 6.23. The Morgan fingerprint density at radius 1 is 1.35 bits per heavy atom. The first-order chi connectivity index (χ1) is 9.47. The summed E-state index contributed by atoms with van der Waals surface area (Å²) >= 11 is 0. The molecule has 0 N–H and O–H groups in total. The zero-order chi connectivity index (χ0) is 14.9. The number of oxime groups is 1. The average Bonchev–Trinajstić information content (AvgIpc) is 2.86. The van der Waals surface area contributed by atoms with E-state index < -0.39 is 11.2 Å². The van der Waals surface area contributed by atoms with Crippen molar-refractivity contribution in [3.05, 3.63) is 27.2 Å². The van der Waals surface area contributed by atoms with Gasteiger partial charge in [0.15, 0.2) is 17.9 Å². The summed E-state index contributed by atoms with van der Waals surface area (Å²) in [5.41, 5.74) is 0.695. The highest BCUT2D eigenvalue weighted by molar-refractivity contribution is 5.80. The fourth-order valence-electron chi connectivity index (χ4n) is 1.76. The SMILES string of the molecule is CC/C(C)=N/OCn1cnc2c1c(=O)n(C)c(=O)n2C. The minimum atomic E-state index is -0.409. The van der Waals surface area contributed by atoms with Crippen molar-refractivity contribution in [2.45, 2.75) is 27.0 Å². The molecule has 0 atom stereocenters. The third-order valence-electron chi connectivity index (χ3n) is 3.15. The van der Waals surface area contributed by atoms with Crippen LogP contribution in [0.1, 0.15) is 20.3 Å². The maximum absolute atomic E-state index is 12.1. The van der Waals surface area contributed by atoms with Crippen LogP contribution in [0.25, 0.3) is 11.2 Å². The lowest BCUT2D eigenvalue weighted by Crippen LogP contribution is -2.37. The Hall–Kier alpha value is -2.38. The Morgan fingerprint density at radius 3 is 2.70 bits per heavy atom. The van der Waals surface area contributed by atoms with Gasteiger partial charge in [-0.25, -0.2) is 9.78 Å². The molecule has 0 bridgehead atoms. The molecule has 8 nitrogen and oxygen atoms in total. The molecular formula is C12H17N5O3. The van der Waals surface area contributed by atoms with E-state index in [1.807, 2.05) is 13.8 Å². The fourth-order valence-corrected chi connectivity index (χ4v) is 1.76. The number of nitrogens with zero attached hydrogens (tertiary/aromatic N) is 5. The predicted octanol–water partition coefficient (Wildman–Crippen LogP) is 0.194. The summed E-state index contributed by atoms with van der Waals surface area (Å²) in [6, 6.07) is 0. The average molecular weight is 279 g/mol. The molecule has 0 aliphatic heterocycles. The maximum atomic E-state index is 12.1. The second-order valence-electron chi connectivity index (χ2n) is 4.53. The van der Waals surface area contributed by atoms with E-state index in [-0.39, 0.29) is 6.73 Å². The van der Waals surface area contributed by atoms with Crippen molar-refractivity contribution in [1.29, 1.82) is 0 Å². The van der Waals surface area contributed by atoms with Crippen molar-refractivity contribution in [2.75, 3.05) is 0 Å². The van der Waals surface area contributed by atoms with Crippen LogP contribution in [0.3, 0.4) is 0 Å². The second-order valence-corrected chi connectivity index (χ2v) is 4.53. The summed E-state index contributed by atoms with van der Waals surface area (Å²) in [7, 11) is 3.00. The van der Waals surface area contributed by atoms with Gasteiger partial charge < -0.3 is 4.84 Å². The monoisotopic (exact) mass is 279 g/mol. The van der Waals surface area contributed by atoms with Crippen LogP contribution >= 0.6 is 0 Å². The molecule has 2 rings (SSSR count). The standard InChI is InChI=1S/C12H17N5O3/c1-5-8(2)14-20-7-17-6-13-10-9(17)11(18)16(4)12(19)15(10)3/h6H,5,7H2,1-4H3/b14-8+. The largest absolute Gasteiger partial charge is 0.374 e. The van der Waals surface area contributed by atoms with Gasteiger partial charge in [0.2, 0.25) is 0 Å². The smallest absolute Gasteiger partial charge is 0.332 e. The summed E-state index contributed by atoms with van der Waals surface area (Å²) in [6.07, 6.45) is 2.25. The molecule has 2 aromatic rings. The molecule has 0 saturated heterocycles. The highest BCUT2D eigenvalue weighted by atomic mass is 16.6. The quantitative estimate of drug-likeness (QED) is 0.591. The molecule has 8 heteroatoms. The fraction of sp³-hybridized carbons (Fsp3) is 0.500. The van der Waals surface area contributed by atoms with Crippen LogP contribution < -0.4 is 11.2 Å². The van der Waals surface area contributed by atoms with Gasteiger partial charge in [-0.05, 0) is 13.3 Å². The lowest BCUT2D eigenvalue weighted by Gasteiger charge is -2.06. The summed E-state index contributed by atoms with van der Waals surface area (Å²) in [4.78, 5) is 33.2. The van der Waals surface area contributed by atoms with Crippen LogP contribution in [0.2, 0.25) is 0 Å². The normalized spacial score (nSPS) is 12.1. The van der Waals surface area contributed by atoms with Gasteiger partial charge in [-0.3, -0.25) is 18.5 Å². The highest BCUT2D eigenvalue weighted by Gasteiger charge is 2.14. The molecule has 0 aliphatic rings. The van der Waals surface area contributed by atoms with Gasteiger partial charge >= 0.3 is 5.69 Å². The van der Waals surface area contributed by atoms with E-state index in [2.05, 4.69) is 10.1 Å². The van der Waals surface area contributed by atoms with Crippen LogP contribution in [0.5, 0.6) is 0 Å². The highest BCUT2D eigenvalue weighted by Crippen LogP contribution is 2.05. The van der Waals surface area contributed by atoms with Crippen molar-refractivity contribution in [3.8, 4) is 0 Å². The number of imidazole rings is 1. The zero-order valence-corrected chi connectivity index (χ0v) is 12.0. The van der Waals surface area contributed by atoms with Crippen molar-refractivity contribution in [3.63, 3.8) is 0 Å². The molecule has 2 aromatic heterocycles. The topological polar surface area (TPSA) is 83.4 Å². The number of hydrogen-bond donors (Lipinski definition) is 0. The van der Waals surface area contributed by atoms with E-state index in [1.54, 1.807) is 7.05 Å². The van der Waals surface area contributed by atoms with Gasteiger partial charge in [0.1, 0.15) is 6.33 Å². The molecule has 0 aliphatic carbocycles. The van der Waals surface area contributed by atoms with Gasteiger partial charge in [-0.15, -0.1) is 0 Å². The van der Waals surface area contributed by atoms with Crippen molar-refractivity contribution in [1.82, 2.24) is 18.7 Å². The first kappa shape index (κ1) is 14.0. The minimum Gasteiger partial charge on any atom is -0.374 e. The number of aromatic nitrogens is 4. The summed E-state index contributed by atoms with van der Waals surface area (Å²) in [6.45, 7) is 3.90. The Balaban J connectivity index is 2.47. The van der Waals surface area contributed by atoms with Crippen molar-refractivity contribution < 1.29 is 4.84 Å². The number of hydrogen-bond acceptors (Lipinski definition) is 5. The molecule has 0 aromatic carbocycles. The first-order valence-corrected chi connectivity index (χ1v) is 6.23. The van der Waals surface area contributed by atoms with E-state index in [0.717, 1.165) is 16.7 Å². The molecule has 0 unspecified atom stereocenters. The number of fused-ring (bicyclic) bond motifs is 1. The van der Waals surface area contributed by atoms with Crippen LogP contribution in [0.4, 0.5) is 0 Å². The molecule has 2 heterocycles. The molecule has 0 fully saturated rings. The summed E-state index contributed by atoms with van der Waals surface area (Å²) < 4.78 is 3.90. The Bertz CT molecular complexity index is 781. The molecule has 0 spiro atoms. The van der Waals surface area contributed by atoms with E-state index in [4.69, 9.17) is 4.84 Å². The number of rotatable bonds is 4. The zero-order valence-electron chi connectivity index (χ0n) is 12.0. The van der Waals surface area contributed by atoms with Crippen LogP contribution in [0.15, 0.2) is 21.1 Å². The van der Waals surface area contributed by atoms with Gasteiger partial charge in [-0.1, -0.05) is 12.1 Å². The van der Waals surface area contributed by atoms with Gasteiger partial charge in [0, 0.05) is 14.1 Å². The third-order valence-corrected chi connectivity index (χ3v) is 3.15. The van der Waals surface area contributed by atoms with Gasteiger partial charge in [0.25, 0.3) is 5.56 Å². The Kier molecular flexibility index (Phi) is 3.73. The predicted molar refractivity (Wildman–Crippen MR) is 74.7 cm³/mol. The van der Waals surface area contributed by atoms with Crippen LogP contribution in [-0.2, 0) is 25.7 Å². The molecule has 0 radical (unpaired) electrons. The summed E-state index contributed by atoms with van der Waals surface area (Å²) in [5, 5.41) is 3.91. The third kappa shape index (κ3) is 2.24. The van der Waals surface area contributed by atoms with E-state index in [1.165, 1.54) is 22.5 Å². The maximum Gasteiger partial charge on any atom is 0.332 e. The van der Waals surface area contributed by atoms with E-state index >= 15 is 0 Å². The van der Waals surface area contributed by atoms with Crippen LogP contribution in [-0.4, -0.2) is 24.4 Å². The summed E-state index contributed by atoms with van der Waals surface area (Å²) in [5.74, 6) is 0. The molecule has 108 valence electrons. The number of aryl methyl sites for hydroxylation is 1. The van der Waals surface area contributed by atoms with E-state index in [0.29, 0.717) is 11.2 Å². The Morgan fingerprint density at radius 2 is 2.05 bits per heavy atom. The van der Waals surface area contributed by atoms with E-state index in [9.17, 15) is 9.59 Å². The van der Waals surface area contributed by atoms with Gasteiger partial charge in [-0.2, -0.15) is 0 Å². The van der Waals surface area contributed by atoms with Crippen molar-refractivity contribution >= 4 is 16.9 Å². The van der Waals surface area contributed by atoms with Crippen LogP contribution in [0, 0.1) is 0 Å². The molecular weight excluding hydrogens is 262 g/mol.